The van der Waals surface area contributed by atoms with E-state index in [1.54, 1.807) is 18.2 Å². The van der Waals surface area contributed by atoms with E-state index in [-0.39, 0.29) is 10.6 Å². The Hall–Kier alpha value is -1.05. The number of hydrogen-bond donors (Lipinski definition) is 2. The predicted molar refractivity (Wildman–Crippen MR) is 80.8 cm³/mol. The Kier molecular flexibility index (Phi) is 4.17. The van der Waals surface area contributed by atoms with E-state index in [2.05, 4.69) is 36.6 Å². The quantitative estimate of drug-likeness (QED) is 0.763. The summed E-state index contributed by atoms with van der Waals surface area (Å²) < 4.78 is 27.6. The fourth-order valence-corrected chi connectivity index (χ4v) is 3.41. The summed E-state index contributed by atoms with van der Waals surface area (Å²) in [7, 11) is -3.65. The molecule has 0 aliphatic carbocycles. The molecule has 0 atom stereocenters. The van der Waals surface area contributed by atoms with Crippen LogP contribution in [0.4, 0.5) is 5.69 Å². The minimum atomic E-state index is -3.65. The monoisotopic (exact) mass is 405 g/mol. The van der Waals surface area contributed by atoms with Gasteiger partial charge in [-0.3, -0.25) is 4.72 Å². The molecule has 0 aromatic heterocycles. The van der Waals surface area contributed by atoms with Gasteiger partial charge < -0.3 is 5.11 Å². The van der Waals surface area contributed by atoms with Crippen molar-refractivity contribution in [3.63, 3.8) is 0 Å². The maximum absolute atomic E-state index is 12.1. The summed E-state index contributed by atoms with van der Waals surface area (Å²) in [6, 6.07) is 10.9. The molecule has 0 heterocycles. The second kappa shape index (κ2) is 5.52. The maximum Gasteiger partial charge on any atom is 0.261 e. The topological polar surface area (TPSA) is 66.4 Å². The molecule has 0 spiro atoms. The van der Waals surface area contributed by atoms with Crippen molar-refractivity contribution < 1.29 is 13.5 Å². The third kappa shape index (κ3) is 3.29. The molecule has 0 aliphatic rings. The van der Waals surface area contributed by atoms with Crippen LogP contribution in [0.25, 0.3) is 0 Å². The van der Waals surface area contributed by atoms with Crippen molar-refractivity contribution in [1.29, 1.82) is 0 Å². The van der Waals surface area contributed by atoms with E-state index in [4.69, 9.17) is 0 Å². The van der Waals surface area contributed by atoms with Gasteiger partial charge in [0.25, 0.3) is 10.0 Å². The van der Waals surface area contributed by atoms with E-state index >= 15 is 0 Å². The van der Waals surface area contributed by atoms with Crippen LogP contribution in [0.2, 0.25) is 0 Å². The van der Waals surface area contributed by atoms with Gasteiger partial charge in [0.1, 0.15) is 5.75 Å². The molecular formula is C12H9Br2NO3S. The zero-order chi connectivity index (χ0) is 14.0. The number of aromatic hydroxyl groups is 1. The van der Waals surface area contributed by atoms with Crippen LogP contribution < -0.4 is 4.72 Å². The lowest BCUT2D eigenvalue weighted by molar-refractivity contribution is 0.471. The molecule has 0 amide bonds. The Bertz CT molecular complexity index is 702. The molecule has 4 nitrogen and oxygen atoms in total. The van der Waals surface area contributed by atoms with Gasteiger partial charge in [0.05, 0.1) is 15.1 Å². The van der Waals surface area contributed by atoms with Gasteiger partial charge in [-0.1, -0.05) is 18.2 Å². The average molecular weight is 407 g/mol. The van der Waals surface area contributed by atoms with Crippen molar-refractivity contribution in [2.45, 2.75) is 4.90 Å². The summed E-state index contributed by atoms with van der Waals surface area (Å²) in [6.07, 6.45) is 0. The molecule has 0 aliphatic heterocycles. The first kappa shape index (κ1) is 14.4. The van der Waals surface area contributed by atoms with Gasteiger partial charge in [0, 0.05) is 4.47 Å². The molecule has 0 bridgehead atoms. The van der Waals surface area contributed by atoms with Crippen LogP contribution in [0.15, 0.2) is 56.3 Å². The predicted octanol–water partition coefficient (Wildman–Crippen LogP) is 3.72. The molecular weight excluding hydrogens is 398 g/mol. The molecule has 0 unspecified atom stereocenters. The van der Waals surface area contributed by atoms with Crippen molar-refractivity contribution in [3.05, 3.63) is 51.4 Å². The van der Waals surface area contributed by atoms with Gasteiger partial charge in [-0.05, 0) is 56.1 Å². The van der Waals surface area contributed by atoms with E-state index in [1.165, 1.54) is 24.3 Å². The highest BCUT2D eigenvalue weighted by Gasteiger charge is 2.16. The number of phenolic OH excluding ortho intramolecular Hbond substituents is 1. The number of nitrogens with one attached hydrogen (secondary N) is 1. The van der Waals surface area contributed by atoms with E-state index in [0.717, 1.165) is 0 Å². The number of phenols is 1. The summed E-state index contributed by atoms with van der Waals surface area (Å²) in [5.41, 5.74) is 0.341. The third-order valence-corrected chi connectivity index (χ3v) is 5.01. The first-order chi connectivity index (χ1) is 8.90. The van der Waals surface area contributed by atoms with Gasteiger partial charge >= 0.3 is 0 Å². The van der Waals surface area contributed by atoms with Crippen LogP contribution in [0.5, 0.6) is 5.75 Å². The molecule has 2 N–H and O–H groups in total. The Morgan fingerprint density at radius 3 is 2.26 bits per heavy atom. The van der Waals surface area contributed by atoms with Crippen LogP contribution in [0.3, 0.4) is 0 Å². The number of halogens is 2. The summed E-state index contributed by atoms with van der Waals surface area (Å²) in [4.78, 5) is 0.172. The molecule has 2 rings (SSSR count). The van der Waals surface area contributed by atoms with E-state index in [9.17, 15) is 13.5 Å². The van der Waals surface area contributed by atoms with Crippen LogP contribution >= 0.6 is 31.9 Å². The summed E-state index contributed by atoms with van der Waals surface area (Å²) in [6.45, 7) is 0. The number of benzene rings is 2. The van der Waals surface area contributed by atoms with Crippen molar-refractivity contribution in [2.75, 3.05) is 4.72 Å². The van der Waals surface area contributed by atoms with Crippen LogP contribution in [-0.2, 0) is 10.0 Å². The van der Waals surface area contributed by atoms with E-state index in [0.29, 0.717) is 14.6 Å². The highest BCUT2D eigenvalue weighted by molar-refractivity contribution is 9.11. The Balaban J connectivity index is 2.39. The molecule has 2 aromatic rings. The number of hydrogen-bond acceptors (Lipinski definition) is 3. The SMILES string of the molecule is O=S(=O)(Nc1cc(Br)c(O)cc1Br)c1ccccc1. The highest BCUT2D eigenvalue weighted by Crippen LogP contribution is 2.34. The minimum absolute atomic E-state index is 0.0227. The zero-order valence-electron chi connectivity index (χ0n) is 9.47. The summed E-state index contributed by atoms with van der Waals surface area (Å²) in [5.74, 6) is 0.0227. The van der Waals surface area contributed by atoms with Crippen molar-refractivity contribution >= 4 is 47.6 Å². The normalized spacial score (nSPS) is 11.3. The Morgan fingerprint density at radius 1 is 1.00 bits per heavy atom. The molecule has 0 radical (unpaired) electrons. The van der Waals surface area contributed by atoms with Gasteiger partial charge in [0.2, 0.25) is 0 Å². The van der Waals surface area contributed by atoms with E-state index < -0.39 is 10.0 Å². The zero-order valence-corrected chi connectivity index (χ0v) is 13.5. The van der Waals surface area contributed by atoms with Crippen LogP contribution in [0.1, 0.15) is 0 Å². The average Bonchev–Trinajstić information content (AvgIpc) is 2.37. The van der Waals surface area contributed by atoms with Crippen LogP contribution in [0, 0.1) is 0 Å². The van der Waals surface area contributed by atoms with E-state index in [1.807, 2.05) is 0 Å². The third-order valence-electron chi connectivity index (χ3n) is 2.33. The number of anilines is 1. The molecule has 0 saturated heterocycles. The van der Waals surface area contributed by atoms with Gasteiger partial charge in [-0.15, -0.1) is 0 Å². The first-order valence-electron chi connectivity index (χ1n) is 5.16. The second-order valence-electron chi connectivity index (χ2n) is 3.70. The molecule has 100 valence electrons. The fraction of sp³-hybridized carbons (Fsp3) is 0. The molecule has 7 heteroatoms. The number of sulfonamides is 1. The Labute approximate surface area is 127 Å². The first-order valence-corrected chi connectivity index (χ1v) is 8.23. The largest absolute Gasteiger partial charge is 0.507 e. The van der Waals surface area contributed by atoms with Crippen LogP contribution in [-0.4, -0.2) is 13.5 Å². The molecule has 0 fully saturated rings. The lowest BCUT2D eigenvalue weighted by Gasteiger charge is -2.11. The molecule has 2 aromatic carbocycles. The molecule has 0 saturated carbocycles. The maximum atomic E-state index is 12.1. The number of rotatable bonds is 3. The lowest BCUT2D eigenvalue weighted by atomic mass is 10.3. The van der Waals surface area contributed by atoms with Crippen molar-refractivity contribution in [3.8, 4) is 5.75 Å². The Morgan fingerprint density at radius 2 is 1.63 bits per heavy atom. The van der Waals surface area contributed by atoms with Gasteiger partial charge in [-0.2, -0.15) is 0 Å². The highest BCUT2D eigenvalue weighted by atomic mass is 79.9. The van der Waals surface area contributed by atoms with Gasteiger partial charge in [-0.25, -0.2) is 8.42 Å². The summed E-state index contributed by atoms with van der Waals surface area (Å²) >= 11 is 6.34. The minimum Gasteiger partial charge on any atom is -0.507 e. The van der Waals surface area contributed by atoms with Crippen molar-refractivity contribution in [2.24, 2.45) is 0 Å². The molecule has 19 heavy (non-hydrogen) atoms. The van der Waals surface area contributed by atoms with Crippen molar-refractivity contribution in [1.82, 2.24) is 0 Å². The smallest absolute Gasteiger partial charge is 0.261 e. The summed E-state index contributed by atoms with van der Waals surface area (Å²) in [5, 5.41) is 9.49. The fourth-order valence-electron chi connectivity index (χ4n) is 1.42. The lowest BCUT2D eigenvalue weighted by Crippen LogP contribution is -2.13. The van der Waals surface area contributed by atoms with Gasteiger partial charge in [0.15, 0.2) is 0 Å². The second-order valence-corrected chi connectivity index (χ2v) is 7.09. The standard InChI is InChI=1S/C12H9Br2NO3S/c13-9-7-12(16)10(14)6-11(9)15-19(17,18)8-4-2-1-3-5-8/h1-7,15-16H.